The van der Waals surface area contributed by atoms with E-state index < -0.39 is 0 Å². The van der Waals surface area contributed by atoms with Gasteiger partial charge in [0.2, 0.25) is 5.91 Å². The summed E-state index contributed by atoms with van der Waals surface area (Å²) in [6.45, 7) is 6.51. The van der Waals surface area contributed by atoms with Crippen LogP contribution in [0, 0.1) is 17.3 Å². The fraction of sp³-hybridized carbons (Fsp3) is 0.556. The van der Waals surface area contributed by atoms with Crippen molar-refractivity contribution in [2.45, 2.75) is 40.0 Å². The average Bonchev–Trinajstić information content (AvgIpc) is 2.46. The average molecular weight is 303 g/mol. The second-order valence-electron chi connectivity index (χ2n) is 6.89. The van der Waals surface area contributed by atoms with Crippen LogP contribution in [0.15, 0.2) is 24.3 Å². The molecule has 1 saturated carbocycles. The van der Waals surface area contributed by atoms with Crippen molar-refractivity contribution in [3.63, 3.8) is 0 Å². The Morgan fingerprint density at radius 1 is 1.23 bits per heavy atom. The van der Waals surface area contributed by atoms with Crippen molar-refractivity contribution >= 4 is 17.6 Å². The zero-order valence-corrected chi connectivity index (χ0v) is 13.8. The van der Waals surface area contributed by atoms with Gasteiger partial charge in [-0.15, -0.1) is 0 Å². The van der Waals surface area contributed by atoms with E-state index in [1.807, 2.05) is 0 Å². The Labute approximate surface area is 132 Å². The molecule has 0 radical (unpaired) electrons. The molecule has 1 N–H and O–H groups in total. The summed E-state index contributed by atoms with van der Waals surface area (Å²) in [6.07, 6.45) is 3.37. The molecule has 0 saturated heterocycles. The van der Waals surface area contributed by atoms with E-state index in [9.17, 15) is 9.59 Å². The fourth-order valence-corrected chi connectivity index (χ4v) is 3.61. The molecule has 1 aromatic carbocycles. The van der Waals surface area contributed by atoms with Gasteiger partial charge >= 0.3 is 5.97 Å². The molecule has 1 aliphatic carbocycles. The first kappa shape index (κ1) is 16.5. The molecule has 120 valence electrons. The Hall–Kier alpha value is -1.84. The maximum absolute atomic E-state index is 12.7. The first-order chi connectivity index (χ1) is 10.3. The molecule has 0 bridgehead atoms. The van der Waals surface area contributed by atoms with Crippen molar-refractivity contribution in [1.29, 1.82) is 0 Å². The first-order valence-electron chi connectivity index (χ1n) is 7.84. The number of benzene rings is 1. The second kappa shape index (κ2) is 6.51. The summed E-state index contributed by atoms with van der Waals surface area (Å²) < 4.78 is 4.67. The summed E-state index contributed by atoms with van der Waals surface area (Å²) in [6, 6.07) is 6.81. The van der Waals surface area contributed by atoms with Crippen molar-refractivity contribution < 1.29 is 14.3 Å². The highest BCUT2D eigenvalue weighted by atomic mass is 16.5. The van der Waals surface area contributed by atoms with Crippen LogP contribution in [0.25, 0.3) is 0 Å². The highest BCUT2D eigenvalue weighted by molar-refractivity contribution is 5.94. The Kier molecular flexibility index (Phi) is 4.89. The number of amides is 1. The Bertz CT molecular complexity index is 548. The van der Waals surface area contributed by atoms with Gasteiger partial charge in [-0.3, -0.25) is 4.79 Å². The third-order valence-corrected chi connectivity index (χ3v) is 4.75. The second-order valence-corrected chi connectivity index (χ2v) is 6.89. The van der Waals surface area contributed by atoms with Crippen LogP contribution in [0.3, 0.4) is 0 Å². The van der Waals surface area contributed by atoms with Crippen LogP contribution in [0.4, 0.5) is 5.69 Å². The lowest BCUT2D eigenvalue weighted by atomic mass is 9.64. The van der Waals surface area contributed by atoms with Gasteiger partial charge in [0.25, 0.3) is 0 Å². The van der Waals surface area contributed by atoms with Crippen LogP contribution in [0.5, 0.6) is 0 Å². The molecule has 0 spiro atoms. The number of anilines is 1. The number of esters is 1. The van der Waals surface area contributed by atoms with Crippen molar-refractivity contribution in [2.75, 3.05) is 12.4 Å². The highest BCUT2D eigenvalue weighted by Crippen LogP contribution is 2.44. The van der Waals surface area contributed by atoms with Crippen molar-refractivity contribution in [2.24, 2.45) is 17.3 Å². The number of hydrogen-bond acceptors (Lipinski definition) is 3. The predicted octanol–water partition coefficient (Wildman–Crippen LogP) is 3.87. The molecule has 4 heteroatoms. The smallest absolute Gasteiger partial charge is 0.337 e. The number of carbonyl (C=O) groups is 2. The van der Waals surface area contributed by atoms with E-state index in [1.165, 1.54) is 13.5 Å². The SMILES string of the molecule is COC(=O)c1ccc(NC(=O)C2C(C)CCCC2(C)C)cc1. The van der Waals surface area contributed by atoms with E-state index in [-0.39, 0.29) is 23.2 Å². The topological polar surface area (TPSA) is 55.4 Å². The summed E-state index contributed by atoms with van der Waals surface area (Å²) in [5.74, 6) is 0.0996. The van der Waals surface area contributed by atoms with Gasteiger partial charge in [-0.05, 0) is 48.4 Å². The van der Waals surface area contributed by atoms with Gasteiger partial charge < -0.3 is 10.1 Å². The number of nitrogens with one attached hydrogen (secondary N) is 1. The van der Waals surface area contributed by atoms with E-state index in [1.54, 1.807) is 24.3 Å². The van der Waals surface area contributed by atoms with Crippen molar-refractivity contribution in [1.82, 2.24) is 0 Å². The minimum Gasteiger partial charge on any atom is -0.465 e. The largest absolute Gasteiger partial charge is 0.465 e. The molecular formula is C18H25NO3. The number of carbonyl (C=O) groups excluding carboxylic acids is 2. The van der Waals surface area contributed by atoms with Gasteiger partial charge in [0, 0.05) is 11.6 Å². The summed E-state index contributed by atoms with van der Waals surface area (Å²) >= 11 is 0. The van der Waals surface area contributed by atoms with Gasteiger partial charge in [-0.25, -0.2) is 4.79 Å². The standard InChI is InChI=1S/C18H25NO3/c1-12-6-5-11-18(2,3)15(12)16(20)19-14-9-7-13(8-10-14)17(21)22-4/h7-10,12,15H,5-6,11H2,1-4H3,(H,19,20). The lowest BCUT2D eigenvalue weighted by Crippen LogP contribution is -2.42. The van der Waals surface area contributed by atoms with Crippen LogP contribution in [-0.4, -0.2) is 19.0 Å². The van der Waals surface area contributed by atoms with Crippen molar-refractivity contribution in [3.05, 3.63) is 29.8 Å². The van der Waals surface area contributed by atoms with E-state index in [0.717, 1.165) is 12.8 Å². The van der Waals surface area contributed by atoms with Gasteiger partial charge in [0.1, 0.15) is 0 Å². The maximum Gasteiger partial charge on any atom is 0.337 e. The summed E-state index contributed by atoms with van der Waals surface area (Å²) in [5.41, 5.74) is 1.21. The fourth-order valence-electron chi connectivity index (χ4n) is 3.61. The molecule has 2 rings (SSSR count). The van der Waals surface area contributed by atoms with Crippen LogP contribution in [0.1, 0.15) is 50.4 Å². The molecule has 2 unspecified atom stereocenters. The molecule has 2 atom stereocenters. The molecule has 22 heavy (non-hydrogen) atoms. The lowest BCUT2D eigenvalue weighted by molar-refractivity contribution is -0.127. The minimum atomic E-state index is -0.375. The zero-order chi connectivity index (χ0) is 16.3. The van der Waals surface area contributed by atoms with Crippen molar-refractivity contribution in [3.8, 4) is 0 Å². The Morgan fingerprint density at radius 2 is 1.86 bits per heavy atom. The predicted molar refractivity (Wildman–Crippen MR) is 86.7 cm³/mol. The normalized spacial score (nSPS) is 23.6. The minimum absolute atomic E-state index is 0.0153. The number of hydrogen-bond donors (Lipinski definition) is 1. The molecule has 1 amide bonds. The molecule has 0 aliphatic heterocycles. The van der Waals surface area contributed by atoms with E-state index in [0.29, 0.717) is 17.2 Å². The van der Waals surface area contributed by atoms with Crippen LogP contribution < -0.4 is 5.32 Å². The third kappa shape index (κ3) is 3.49. The third-order valence-electron chi connectivity index (χ3n) is 4.75. The molecule has 0 aromatic heterocycles. The van der Waals surface area contributed by atoms with E-state index in [4.69, 9.17) is 0 Å². The lowest BCUT2D eigenvalue weighted by Gasteiger charge is -2.41. The van der Waals surface area contributed by atoms with Gasteiger partial charge in [0.05, 0.1) is 12.7 Å². The van der Waals surface area contributed by atoms with Gasteiger partial charge in [-0.2, -0.15) is 0 Å². The molecule has 1 aliphatic rings. The zero-order valence-electron chi connectivity index (χ0n) is 13.8. The van der Waals surface area contributed by atoms with Crippen LogP contribution in [-0.2, 0) is 9.53 Å². The van der Waals surface area contributed by atoms with Crippen LogP contribution in [0.2, 0.25) is 0 Å². The van der Waals surface area contributed by atoms with Gasteiger partial charge in [0.15, 0.2) is 0 Å². The number of rotatable bonds is 3. The molecule has 1 fully saturated rings. The van der Waals surface area contributed by atoms with E-state index in [2.05, 4.69) is 30.8 Å². The first-order valence-corrected chi connectivity index (χ1v) is 7.84. The Morgan fingerprint density at radius 3 is 2.41 bits per heavy atom. The molecular weight excluding hydrogens is 278 g/mol. The summed E-state index contributed by atoms with van der Waals surface area (Å²) in [5, 5.41) is 2.99. The molecule has 1 aromatic rings. The number of methoxy groups -OCH3 is 1. The molecule has 0 heterocycles. The monoisotopic (exact) mass is 303 g/mol. The summed E-state index contributed by atoms with van der Waals surface area (Å²) in [7, 11) is 1.35. The summed E-state index contributed by atoms with van der Waals surface area (Å²) in [4.78, 5) is 24.1. The van der Waals surface area contributed by atoms with E-state index >= 15 is 0 Å². The number of ether oxygens (including phenoxy) is 1. The van der Waals surface area contributed by atoms with Gasteiger partial charge in [-0.1, -0.05) is 27.2 Å². The maximum atomic E-state index is 12.7. The molecule has 4 nitrogen and oxygen atoms in total. The Balaban J connectivity index is 2.09. The highest BCUT2D eigenvalue weighted by Gasteiger charge is 2.41. The van der Waals surface area contributed by atoms with Crippen LogP contribution >= 0.6 is 0 Å². The quantitative estimate of drug-likeness (QED) is 0.862.